The van der Waals surface area contributed by atoms with Crippen molar-refractivity contribution in [1.29, 1.82) is 0 Å². The summed E-state index contributed by atoms with van der Waals surface area (Å²) in [6.45, 7) is 1.87. The summed E-state index contributed by atoms with van der Waals surface area (Å²) in [6, 6.07) is 17.4. The zero-order valence-electron chi connectivity index (χ0n) is 16.8. The Hall–Kier alpha value is -3.64. The molecule has 5 nitrogen and oxygen atoms in total. The van der Waals surface area contributed by atoms with Gasteiger partial charge < -0.3 is 10.1 Å². The smallest absolute Gasteiger partial charge is 0.282 e. The molecule has 1 heterocycles. The zero-order chi connectivity index (χ0) is 22.1. The van der Waals surface area contributed by atoms with Gasteiger partial charge in [-0.15, -0.1) is 0 Å². The minimum Gasteiger partial charge on any atom is -0.497 e. The third-order valence-corrected chi connectivity index (χ3v) is 5.38. The Labute approximate surface area is 183 Å². The van der Waals surface area contributed by atoms with Crippen LogP contribution in [0.25, 0.3) is 5.57 Å². The summed E-state index contributed by atoms with van der Waals surface area (Å²) < 4.78 is 19.0. The van der Waals surface area contributed by atoms with Gasteiger partial charge >= 0.3 is 0 Å². The van der Waals surface area contributed by atoms with Crippen LogP contribution < -0.4 is 15.0 Å². The fraction of sp³-hybridized carbons (Fsp3) is 0.0833. The van der Waals surface area contributed by atoms with Crippen LogP contribution >= 0.6 is 11.6 Å². The highest BCUT2D eigenvalue weighted by molar-refractivity contribution is 6.46. The summed E-state index contributed by atoms with van der Waals surface area (Å²) in [5.41, 5.74) is 2.37. The van der Waals surface area contributed by atoms with E-state index in [4.69, 9.17) is 16.3 Å². The number of amides is 2. The summed E-state index contributed by atoms with van der Waals surface area (Å²) in [7, 11) is 1.54. The number of rotatable bonds is 5. The minimum absolute atomic E-state index is 0.0827. The molecule has 0 unspecified atom stereocenters. The van der Waals surface area contributed by atoms with Crippen LogP contribution in [0.4, 0.5) is 15.8 Å². The first-order valence-corrected chi connectivity index (χ1v) is 9.83. The Kier molecular flexibility index (Phi) is 5.48. The van der Waals surface area contributed by atoms with Gasteiger partial charge in [-0.05, 0) is 60.5 Å². The summed E-state index contributed by atoms with van der Waals surface area (Å²) in [5, 5.41) is 3.56. The van der Waals surface area contributed by atoms with E-state index in [2.05, 4.69) is 5.32 Å². The fourth-order valence-corrected chi connectivity index (χ4v) is 3.52. The number of carbonyl (C=O) groups is 2. The van der Waals surface area contributed by atoms with Crippen LogP contribution in [0, 0.1) is 12.7 Å². The molecule has 0 radical (unpaired) electrons. The number of nitrogens with one attached hydrogen (secondary N) is 1. The van der Waals surface area contributed by atoms with E-state index < -0.39 is 17.6 Å². The molecule has 0 saturated carbocycles. The molecule has 31 heavy (non-hydrogen) atoms. The van der Waals surface area contributed by atoms with Crippen LogP contribution in [0.15, 0.2) is 72.4 Å². The maximum Gasteiger partial charge on any atom is 0.282 e. The Balaban J connectivity index is 1.82. The van der Waals surface area contributed by atoms with Crippen molar-refractivity contribution in [2.24, 2.45) is 0 Å². The van der Waals surface area contributed by atoms with Gasteiger partial charge in [-0.3, -0.25) is 9.59 Å². The van der Waals surface area contributed by atoms with E-state index in [0.717, 1.165) is 16.5 Å². The summed E-state index contributed by atoms with van der Waals surface area (Å²) >= 11 is 6.22. The number of imide groups is 1. The van der Waals surface area contributed by atoms with Crippen molar-refractivity contribution in [2.75, 3.05) is 17.3 Å². The Bertz CT molecular complexity index is 1220. The highest BCUT2D eigenvalue weighted by Gasteiger charge is 2.40. The van der Waals surface area contributed by atoms with Gasteiger partial charge in [0.2, 0.25) is 0 Å². The third kappa shape index (κ3) is 3.90. The first kappa shape index (κ1) is 20.6. The van der Waals surface area contributed by atoms with Gasteiger partial charge in [-0.2, -0.15) is 0 Å². The lowest BCUT2D eigenvalue weighted by molar-refractivity contribution is -0.120. The number of ether oxygens (including phenoxy) is 1. The van der Waals surface area contributed by atoms with E-state index in [1.54, 1.807) is 43.5 Å². The molecule has 1 aliphatic rings. The molecule has 0 saturated heterocycles. The quantitative estimate of drug-likeness (QED) is 0.559. The van der Waals surface area contributed by atoms with Crippen molar-refractivity contribution in [3.63, 3.8) is 0 Å². The normalized spacial score (nSPS) is 13.7. The SMILES string of the molecule is COc1ccc(C2=C(Nc3ccc(C)c(Cl)c3)C(=O)N(c3cccc(F)c3)C2=O)cc1. The summed E-state index contributed by atoms with van der Waals surface area (Å²) in [4.78, 5) is 27.6. The standard InChI is InChI=1S/C24H18ClFN2O3/c1-14-6-9-17(13-20(14)25)27-22-21(15-7-10-19(31-2)11-8-15)23(29)28(24(22)30)18-5-3-4-16(26)12-18/h3-13,27H,1-2H3. The second-order valence-corrected chi connectivity index (χ2v) is 7.40. The van der Waals surface area contributed by atoms with Gasteiger partial charge in [0.15, 0.2) is 0 Å². The number of aryl methyl sites for hydroxylation is 1. The zero-order valence-corrected chi connectivity index (χ0v) is 17.5. The summed E-state index contributed by atoms with van der Waals surface area (Å²) in [6.07, 6.45) is 0. The van der Waals surface area contributed by atoms with Crippen LogP contribution in [0.3, 0.4) is 0 Å². The van der Waals surface area contributed by atoms with E-state index in [9.17, 15) is 14.0 Å². The lowest BCUT2D eigenvalue weighted by Gasteiger charge is -2.15. The Morgan fingerprint density at radius 3 is 2.35 bits per heavy atom. The van der Waals surface area contributed by atoms with E-state index in [1.807, 2.05) is 13.0 Å². The molecule has 2 amide bonds. The van der Waals surface area contributed by atoms with Crippen LogP contribution in [-0.4, -0.2) is 18.9 Å². The highest BCUT2D eigenvalue weighted by Crippen LogP contribution is 2.35. The van der Waals surface area contributed by atoms with Crippen LogP contribution in [0.2, 0.25) is 5.02 Å². The number of methoxy groups -OCH3 is 1. The average Bonchev–Trinajstić information content (AvgIpc) is 3.00. The predicted molar refractivity (Wildman–Crippen MR) is 119 cm³/mol. The van der Waals surface area contributed by atoms with Crippen molar-refractivity contribution < 1.29 is 18.7 Å². The lowest BCUT2D eigenvalue weighted by atomic mass is 10.0. The second-order valence-electron chi connectivity index (χ2n) is 6.99. The van der Waals surface area contributed by atoms with Crippen molar-refractivity contribution in [2.45, 2.75) is 6.92 Å². The molecular formula is C24H18ClFN2O3. The Morgan fingerprint density at radius 2 is 1.71 bits per heavy atom. The summed E-state index contributed by atoms with van der Waals surface area (Å²) in [5.74, 6) is -1.07. The molecule has 0 aliphatic carbocycles. The van der Waals surface area contributed by atoms with Crippen molar-refractivity contribution in [3.8, 4) is 5.75 Å². The highest BCUT2D eigenvalue weighted by atomic mass is 35.5. The average molecular weight is 437 g/mol. The predicted octanol–water partition coefficient (Wildman–Crippen LogP) is 5.19. The number of benzene rings is 3. The topological polar surface area (TPSA) is 58.6 Å². The number of anilines is 2. The molecule has 0 atom stereocenters. The maximum absolute atomic E-state index is 13.8. The van der Waals surface area contributed by atoms with Crippen molar-refractivity contribution in [1.82, 2.24) is 0 Å². The number of nitrogens with zero attached hydrogens (tertiary/aromatic N) is 1. The van der Waals surface area contributed by atoms with Gasteiger partial charge in [0, 0.05) is 10.7 Å². The molecule has 4 rings (SSSR count). The Morgan fingerprint density at radius 1 is 0.968 bits per heavy atom. The molecule has 0 bridgehead atoms. The number of hydrogen-bond donors (Lipinski definition) is 1. The van der Waals surface area contributed by atoms with E-state index in [0.29, 0.717) is 22.0 Å². The fourth-order valence-electron chi connectivity index (χ4n) is 3.34. The number of carbonyl (C=O) groups excluding carboxylic acids is 2. The van der Waals surface area contributed by atoms with Gasteiger partial charge in [-0.1, -0.05) is 35.9 Å². The van der Waals surface area contributed by atoms with E-state index in [-0.39, 0.29) is 17.0 Å². The molecule has 3 aromatic carbocycles. The number of halogens is 2. The minimum atomic E-state index is -0.585. The molecule has 0 fully saturated rings. The molecular weight excluding hydrogens is 419 g/mol. The third-order valence-electron chi connectivity index (χ3n) is 4.97. The van der Waals surface area contributed by atoms with Crippen LogP contribution in [-0.2, 0) is 9.59 Å². The first-order chi connectivity index (χ1) is 14.9. The lowest BCUT2D eigenvalue weighted by Crippen LogP contribution is -2.32. The van der Waals surface area contributed by atoms with E-state index in [1.165, 1.54) is 18.2 Å². The molecule has 0 aromatic heterocycles. The van der Waals surface area contributed by atoms with Gasteiger partial charge in [-0.25, -0.2) is 9.29 Å². The van der Waals surface area contributed by atoms with Crippen molar-refractivity contribution >= 4 is 40.4 Å². The molecule has 3 aromatic rings. The van der Waals surface area contributed by atoms with Crippen LogP contribution in [0.1, 0.15) is 11.1 Å². The van der Waals surface area contributed by atoms with Gasteiger partial charge in [0.1, 0.15) is 17.3 Å². The molecule has 7 heteroatoms. The maximum atomic E-state index is 13.8. The molecule has 156 valence electrons. The van der Waals surface area contributed by atoms with Crippen LogP contribution in [0.5, 0.6) is 5.75 Å². The van der Waals surface area contributed by atoms with Gasteiger partial charge in [0.25, 0.3) is 11.8 Å². The first-order valence-electron chi connectivity index (χ1n) is 9.45. The molecule has 0 spiro atoms. The van der Waals surface area contributed by atoms with Crippen molar-refractivity contribution in [3.05, 3.63) is 94.4 Å². The largest absolute Gasteiger partial charge is 0.497 e. The van der Waals surface area contributed by atoms with Gasteiger partial charge in [0.05, 0.1) is 18.4 Å². The monoisotopic (exact) mass is 436 g/mol. The second kappa shape index (κ2) is 8.24. The molecule has 1 aliphatic heterocycles. The van der Waals surface area contributed by atoms with E-state index >= 15 is 0 Å². The number of hydrogen-bond acceptors (Lipinski definition) is 4. The molecule has 1 N–H and O–H groups in total.